The first-order chi connectivity index (χ1) is 40.2. The first-order valence-corrected chi connectivity index (χ1v) is 28.0. The number of hydrogen-bond donors (Lipinski definition) is 10. The van der Waals surface area contributed by atoms with Crippen LogP contribution in [0.15, 0.2) is 91.4 Å². The normalized spacial score (nSPS) is 38.5. The number of nitrogens with one attached hydrogen (secondary N) is 2. The van der Waals surface area contributed by atoms with Crippen LogP contribution in [0.5, 0.6) is 28.7 Å². The summed E-state index contributed by atoms with van der Waals surface area (Å²) in [6, 6.07) is 16.6. The number of aromatic nitrogens is 2. The van der Waals surface area contributed by atoms with E-state index in [0.29, 0.717) is 33.5 Å². The topological polar surface area (TPSA) is 316 Å². The van der Waals surface area contributed by atoms with Crippen LogP contribution in [0.25, 0.3) is 10.9 Å². The number of benzene rings is 3. The molecule has 4 aliphatic carbocycles. The highest BCUT2D eigenvalue weighted by Crippen LogP contribution is 2.77. The number of aliphatic carboxylic acids is 1. The molecule has 19 atom stereocenters. The Morgan fingerprint density at radius 1 is 0.964 bits per heavy atom. The van der Waals surface area contributed by atoms with Crippen LogP contribution in [0, 0.1) is 58.2 Å². The lowest BCUT2D eigenvalue weighted by Gasteiger charge is -2.62. The summed E-state index contributed by atoms with van der Waals surface area (Å²) in [5.41, 5.74) is 3.14. The smallest absolute Gasteiger partial charge is 0.333 e. The average Bonchev–Trinajstić information content (AvgIpc) is 1.74. The molecule has 0 amide bonds. The van der Waals surface area contributed by atoms with Gasteiger partial charge >= 0.3 is 11.9 Å². The van der Waals surface area contributed by atoms with Crippen molar-refractivity contribution >= 4 is 29.1 Å². The molecule has 21 nitrogen and oxygen atoms in total. The molecule has 2 aromatic heterocycles. The van der Waals surface area contributed by atoms with Crippen molar-refractivity contribution in [3.63, 3.8) is 0 Å². The van der Waals surface area contributed by atoms with Crippen LogP contribution in [-0.4, -0.2) is 131 Å². The molecule has 2 saturated carbocycles. The molecular weight excluding hydrogens is 1070 g/mol. The van der Waals surface area contributed by atoms with Gasteiger partial charge in [-0.15, -0.1) is 0 Å². The molecule has 21 heteroatoms. The molecule has 3 fully saturated rings. The van der Waals surface area contributed by atoms with Crippen molar-refractivity contribution in [2.24, 2.45) is 40.2 Å². The molecule has 19 unspecified atom stereocenters. The number of nitrogens with zero attached hydrogens (tertiary/aromatic N) is 1. The van der Waals surface area contributed by atoms with Crippen molar-refractivity contribution in [3.8, 4) is 52.4 Å². The van der Waals surface area contributed by atoms with Crippen molar-refractivity contribution in [3.05, 3.63) is 125 Å². The number of aliphatic hydroxyl groups excluding tert-OH is 5. The van der Waals surface area contributed by atoms with Crippen LogP contribution in [0.4, 0.5) is 0 Å². The number of ether oxygens (including phenoxy) is 7. The van der Waals surface area contributed by atoms with Crippen molar-refractivity contribution in [1.82, 2.24) is 14.9 Å². The van der Waals surface area contributed by atoms with E-state index in [1.165, 1.54) is 12.3 Å². The summed E-state index contributed by atoms with van der Waals surface area (Å²) < 4.78 is 49.4. The van der Waals surface area contributed by atoms with Gasteiger partial charge in [-0.25, -0.2) is 0 Å². The fourth-order valence-corrected chi connectivity index (χ4v) is 16.7. The number of H-pyrrole nitrogens is 1. The van der Waals surface area contributed by atoms with Crippen LogP contribution in [-0.2, 0) is 37.0 Å². The maximum atomic E-state index is 14.5. The van der Waals surface area contributed by atoms with Crippen molar-refractivity contribution in [2.45, 2.75) is 117 Å². The Morgan fingerprint density at radius 2 is 1.80 bits per heavy atom. The van der Waals surface area contributed by atoms with Crippen LogP contribution >= 0.6 is 0 Å². The van der Waals surface area contributed by atoms with Crippen molar-refractivity contribution < 1.29 is 83.3 Å². The molecule has 1 saturated heterocycles. The van der Waals surface area contributed by atoms with Gasteiger partial charge in [0.05, 0.1) is 29.7 Å². The van der Waals surface area contributed by atoms with Gasteiger partial charge in [0.1, 0.15) is 61.1 Å². The van der Waals surface area contributed by atoms with Gasteiger partial charge in [-0.05, 0) is 72.6 Å². The molecule has 3 aromatic carbocycles. The molecule has 5 aromatic rings. The number of carbonyl (C=O) groups excluding carboxylic acids is 2. The molecular formula is C62H58N4O17. The van der Waals surface area contributed by atoms with Gasteiger partial charge in [-0.2, -0.15) is 0 Å². The van der Waals surface area contributed by atoms with E-state index in [0.717, 1.165) is 17.2 Å². The van der Waals surface area contributed by atoms with E-state index in [1.54, 1.807) is 18.3 Å². The Balaban J connectivity index is 1.05. The minimum Gasteiger partial charge on any atom is -0.487 e. The molecule has 12 aliphatic rings. The minimum atomic E-state index is -2.57. The monoisotopic (exact) mass is 1130 g/mol. The number of esters is 1. The van der Waals surface area contributed by atoms with Crippen LogP contribution in [0.1, 0.15) is 83.1 Å². The summed E-state index contributed by atoms with van der Waals surface area (Å²) in [6.45, 7) is -1.40. The van der Waals surface area contributed by atoms with E-state index >= 15 is 0 Å². The first kappa shape index (κ1) is 52.0. The molecule has 10 heterocycles. The first-order valence-electron chi connectivity index (χ1n) is 28.0. The Hall–Kier alpha value is -7.83. The minimum absolute atomic E-state index is 0.00236. The van der Waals surface area contributed by atoms with Gasteiger partial charge in [0.15, 0.2) is 35.6 Å². The second-order valence-corrected chi connectivity index (χ2v) is 23.6. The molecule has 2 spiro atoms. The summed E-state index contributed by atoms with van der Waals surface area (Å²) >= 11 is 0. The third-order valence-corrected chi connectivity index (χ3v) is 20.0. The van der Waals surface area contributed by atoms with Crippen LogP contribution in [0.3, 0.4) is 0 Å². The van der Waals surface area contributed by atoms with E-state index in [9.17, 15) is 50.1 Å². The van der Waals surface area contributed by atoms with Gasteiger partial charge in [0.2, 0.25) is 18.0 Å². The highest BCUT2D eigenvalue weighted by Gasteiger charge is 2.80. The second kappa shape index (κ2) is 18.6. The lowest BCUT2D eigenvalue weighted by molar-refractivity contribution is -0.383. The molecule has 83 heavy (non-hydrogen) atoms. The number of aromatic amines is 1. The number of carboxylic acids is 1. The number of aliphatic hydroxyl groups is 6. The number of carboxylic acid groups (broad SMARTS) is 1. The molecule has 12 bridgehead atoms. The third-order valence-electron chi connectivity index (χ3n) is 20.0. The summed E-state index contributed by atoms with van der Waals surface area (Å²) in [6.07, 6.45) is -1.19. The van der Waals surface area contributed by atoms with Gasteiger partial charge in [0.25, 0.3) is 0 Å². The quantitative estimate of drug-likeness (QED) is 0.0253. The largest absolute Gasteiger partial charge is 0.487 e. The summed E-state index contributed by atoms with van der Waals surface area (Å²) in [5, 5.41) is 88.1. The predicted octanol–water partition coefficient (Wildman–Crippen LogP) is 2.59. The Kier molecular flexibility index (Phi) is 11.6. The Morgan fingerprint density at radius 3 is 2.59 bits per heavy atom. The summed E-state index contributed by atoms with van der Waals surface area (Å²) in [5.74, 6) is 3.70. The number of aldehydes is 1. The number of hydrogen-bond acceptors (Lipinski definition) is 18. The average molecular weight is 1130 g/mol. The van der Waals surface area contributed by atoms with Crippen molar-refractivity contribution in [1.29, 1.82) is 0 Å². The molecule has 17 rings (SSSR count). The van der Waals surface area contributed by atoms with E-state index in [-0.39, 0.29) is 67.6 Å². The third kappa shape index (κ3) is 6.99. The summed E-state index contributed by atoms with van der Waals surface area (Å²) in [7, 11) is 0. The predicted molar refractivity (Wildman–Crippen MR) is 287 cm³/mol. The van der Waals surface area contributed by atoms with E-state index in [1.807, 2.05) is 65.4 Å². The Labute approximate surface area is 473 Å². The maximum Gasteiger partial charge on any atom is 0.333 e. The number of allylic oxidation sites excluding steroid dienone is 2. The molecule has 428 valence electrons. The standard InChI is InChI=1S/C62H58N4O17/c63-55-54-61(17-20-65-55)52(71)53(72)62(76)58(83-61)80-41-22-42-44(51-45-34-9-11-40(78-28-69)50(49(34)81-51)77-27-32(70)7-8-33(48(45)79-42)29-4-2-1-3-5-29)36(25-66-24-31-14-19-64-47(31)39(66)26-68)43(41)46-30-6-10-38-37(13-16-60(38,46)62)59(23-30,18-21-67)15-12-35(56(73)74)57(75)82-54/h1-6,9-11,14,17,19-22,24,30,32-33,35,37-38,45-46,48,51-55,58,64-65,68-72,76H,13,16,18,23,25-28,63H2,(H,73,74). The van der Waals surface area contributed by atoms with E-state index < -0.39 is 138 Å². The fraction of sp³-hybridized carbons (Fsp3) is 0.435. The van der Waals surface area contributed by atoms with Gasteiger partial charge in [-0.3, -0.25) is 9.59 Å². The number of fused-ring (bicyclic) bond motifs is 8. The lowest BCUT2D eigenvalue weighted by Crippen LogP contribution is -2.81. The molecule has 11 N–H and O–H groups in total. The van der Waals surface area contributed by atoms with Gasteiger partial charge in [-0.1, -0.05) is 72.2 Å². The van der Waals surface area contributed by atoms with Gasteiger partial charge in [0, 0.05) is 70.3 Å². The number of rotatable bonds is 9. The van der Waals surface area contributed by atoms with E-state index in [2.05, 4.69) is 34.0 Å². The van der Waals surface area contributed by atoms with Crippen LogP contribution < -0.4 is 34.7 Å². The lowest BCUT2D eigenvalue weighted by atomic mass is 9.48. The highest BCUT2D eigenvalue weighted by atomic mass is 16.7. The zero-order chi connectivity index (χ0) is 57.1. The van der Waals surface area contributed by atoms with Gasteiger partial charge < -0.3 is 94.3 Å². The number of carbonyl (C=O) groups is 3. The Bertz CT molecular complexity index is 3760. The molecule has 8 aliphatic heterocycles. The second-order valence-electron chi connectivity index (χ2n) is 23.6. The fourth-order valence-electron chi connectivity index (χ4n) is 16.7. The SMILES string of the molecule is NC1NC=CC23OC4Oc5cc6c(c(Cn7cc8cc[nH]c8c7CO)c5C5C7C=CC8C(CCC85C4(O)C(O)C2O)C(CC=O)(C#CC(C(=O)O)C(=O)OC13)C7)C1Oc2c3ccc(OCO)c2OCC(O)C#CC(c2ccccc2)C(O6)C31. The van der Waals surface area contributed by atoms with Crippen LogP contribution in [0.2, 0.25) is 0 Å². The van der Waals surface area contributed by atoms with Crippen molar-refractivity contribution in [2.75, 3.05) is 13.4 Å². The zero-order valence-corrected chi connectivity index (χ0v) is 44.3. The maximum absolute atomic E-state index is 14.5. The number of nitrogens with two attached hydrogens (primary N) is 1. The highest BCUT2D eigenvalue weighted by molar-refractivity contribution is 5.97. The van der Waals surface area contributed by atoms with E-state index in [4.69, 9.17) is 38.9 Å². The summed E-state index contributed by atoms with van der Waals surface area (Å²) in [4.78, 5) is 44.1. The molecule has 0 radical (unpaired) electrons. The zero-order valence-electron chi connectivity index (χ0n) is 44.3.